The van der Waals surface area contributed by atoms with Gasteiger partial charge in [0.05, 0.1) is 11.7 Å². The van der Waals surface area contributed by atoms with E-state index in [0.717, 1.165) is 0 Å². The molecule has 1 aliphatic carbocycles. The zero-order valence-corrected chi connectivity index (χ0v) is 19.6. The molecule has 158 valence electrons. The van der Waals surface area contributed by atoms with Crippen LogP contribution in [0.5, 0.6) is 0 Å². The van der Waals surface area contributed by atoms with E-state index in [4.69, 9.17) is 31.0 Å². The molecule has 0 bridgehead atoms. The van der Waals surface area contributed by atoms with Gasteiger partial charge in [-0.25, -0.2) is 4.98 Å². The van der Waals surface area contributed by atoms with E-state index in [0.29, 0.717) is 18.0 Å². The molecule has 9 heteroatoms. The van der Waals surface area contributed by atoms with Gasteiger partial charge in [-0.3, -0.25) is 4.57 Å². The minimum absolute atomic E-state index is 0.0922. The summed E-state index contributed by atoms with van der Waals surface area (Å²) in [6.45, 7) is 15.1. The predicted molar refractivity (Wildman–Crippen MR) is 111 cm³/mol. The number of hydrogen-bond acceptors (Lipinski definition) is 7. The Kier molecular flexibility index (Phi) is 8.29. The first kappa shape index (κ1) is 24.7. The topological polar surface area (TPSA) is 90.7 Å². The molecule has 1 aromatic heterocycles. The Balaban J connectivity index is 0.00000122. The predicted octanol–water partition coefficient (Wildman–Crippen LogP) is 3.39. The number of carbonyl (C=O) groups excluding carboxylic acids is 2. The fourth-order valence-corrected chi connectivity index (χ4v) is 4.76. The maximum atomic E-state index is 10.7. The van der Waals surface area contributed by atoms with Crippen LogP contribution in [0.2, 0.25) is 18.1 Å². The Morgan fingerprint density at radius 1 is 1.36 bits per heavy atom. The Labute approximate surface area is 173 Å². The lowest BCUT2D eigenvalue weighted by Crippen LogP contribution is -2.55. The molecule has 1 saturated carbocycles. The van der Waals surface area contributed by atoms with Crippen molar-refractivity contribution in [2.45, 2.75) is 83.4 Å². The highest BCUT2D eigenvalue weighted by molar-refractivity contribution is 7.80. The number of thiocarbonyl (C=S) groups is 1. The average Bonchev–Trinajstić information content (AvgIpc) is 3.03. The molecular weight excluding hydrogens is 396 g/mol. The van der Waals surface area contributed by atoms with Crippen molar-refractivity contribution in [2.24, 2.45) is 5.92 Å². The van der Waals surface area contributed by atoms with E-state index in [2.05, 4.69) is 45.8 Å². The first-order valence-corrected chi connectivity index (χ1v) is 12.6. The monoisotopic (exact) mass is 428 g/mol. The minimum Gasteiger partial charge on any atom is -0.464 e. The molecular formula is C19H32N2O5SSi. The molecule has 2 rings (SSSR count). The highest BCUT2D eigenvalue weighted by atomic mass is 32.1. The van der Waals surface area contributed by atoms with E-state index in [1.165, 1.54) is 0 Å². The highest BCUT2D eigenvalue weighted by Crippen LogP contribution is 2.42. The summed E-state index contributed by atoms with van der Waals surface area (Å²) in [6, 6.07) is 0. The van der Waals surface area contributed by atoms with E-state index < -0.39 is 13.9 Å². The van der Waals surface area contributed by atoms with Gasteiger partial charge in [-0.1, -0.05) is 27.7 Å². The molecule has 0 aromatic carbocycles. The number of rotatable bonds is 3. The van der Waals surface area contributed by atoms with Crippen LogP contribution in [-0.2, 0) is 18.8 Å². The standard InChI is InChI=1S/C18H32N2O3SSi.CO2/c1-13-10-18(5,21)11-14(23-25(6,7)17(2,3)4)15(13)22-16(24)20-9-8-19-12-20;2-1-3/h8-9,12-15,21H,10-11H2,1-7H3;/t13-,14-,15+,18-;/m1./s1. The van der Waals surface area contributed by atoms with Gasteiger partial charge >= 0.3 is 6.15 Å². The first-order chi connectivity index (χ1) is 12.7. The number of imidazole rings is 1. The van der Waals surface area contributed by atoms with Crippen LogP contribution in [0.15, 0.2) is 18.7 Å². The van der Waals surface area contributed by atoms with Crippen LogP contribution < -0.4 is 0 Å². The van der Waals surface area contributed by atoms with E-state index in [-0.39, 0.29) is 29.3 Å². The second kappa shape index (κ2) is 9.41. The molecule has 0 radical (unpaired) electrons. The normalized spacial score (nSPS) is 27.9. The number of nitrogens with zero attached hydrogens (tertiary/aromatic N) is 2. The summed E-state index contributed by atoms with van der Waals surface area (Å²) >= 11 is 5.43. The fourth-order valence-electron chi connectivity index (χ4n) is 3.21. The van der Waals surface area contributed by atoms with Crippen molar-refractivity contribution >= 4 is 31.9 Å². The second-order valence-corrected chi connectivity index (χ2v) is 14.3. The summed E-state index contributed by atoms with van der Waals surface area (Å²) in [5.41, 5.74) is -0.747. The number of ether oxygens (including phenoxy) is 1. The molecule has 0 amide bonds. The summed E-state index contributed by atoms with van der Waals surface area (Å²) in [6.07, 6.45) is 6.20. The SMILES string of the molecule is C[C@@H]1C[C@@](C)(O)C[C@@H](O[Si](C)(C)C(C)(C)C)[C@H]1OC(=S)n1ccnc1.O=C=O. The molecule has 1 fully saturated rings. The van der Waals surface area contributed by atoms with Crippen LogP contribution in [0.1, 0.15) is 47.5 Å². The lowest BCUT2D eigenvalue weighted by atomic mass is 9.76. The summed E-state index contributed by atoms with van der Waals surface area (Å²) in [7, 11) is -2.00. The summed E-state index contributed by atoms with van der Waals surface area (Å²) in [4.78, 5) is 20.3. The lowest BCUT2D eigenvalue weighted by molar-refractivity contribution is -0.191. The number of aromatic nitrogens is 2. The van der Waals surface area contributed by atoms with Crippen molar-refractivity contribution in [3.05, 3.63) is 18.7 Å². The Hall–Kier alpha value is -1.38. The van der Waals surface area contributed by atoms with E-state index >= 15 is 0 Å². The van der Waals surface area contributed by atoms with Gasteiger partial charge in [0.2, 0.25) is 0 Å². The van der Waals surface area contributed by atoms with Gasteiger partial charge in [-0.05, 0) is 49.6 Å². The van der Waals surface area contributed by atoms with Crippen molar-refractivity contribution in [3.63, 3.8) is 0 Å². The third-order valence-electron chi connectivity index (χ3n) is 5.53. The van der Waals surface area contributed by atoms with Crippen molar-refractivity contribution < 1.29 is 23.9 Å². The minimum atomic E-state index is -2.00. The molecule has 1 aliphatic rings. The van der Waals surface area contributed by atoms with E-state index in [1.807, 2.05) is 6.92 Å². The maximum absolute atomic E-state index is 10.7. The van der Waals surface area contributed by atoms with Gasteiger partial charge in [0, 0.05) is 18.8 Å². The third-order valence-corrected chi connectivity index (χ3v) is 10.3. The molecule has 0 unspecified atom stereocenters. The second-order valence-electron chi connectivity index (χ2n) is 9.20. The summed E-state index contributed by atoms with van der Waals surface area (Å²) < 4.78 is 14.5. The van der Waals surface area contributed by atoms with Crippen LogP contribution in [0.25, 0.3) is 0 Å². The quantitative estimate of drug-likeness (QED) is 0.583. The van der Waals surface area contributed by atoms with Gasteiger partial charge in [0.25, 0.3) is 5.17 Å². The zero-order chi connectivity index (χ0) is 21.8. The third kappa shape index (κ3) is 6.60. The molecule has 0 spiro atoms. The van der Waals surface area contributed by atoms with Gasteiger partial charge in [-0.15, -0.1) is 0 Å². The molecule has 7 nitrogen and oxygen atoms in total. The highest BCUT2D eigenvalue weighted by Gasteiger charge is 2.48. The van der Waals surface area contributed by atoms with Gasteiger partial charge in [0.15, 0.2) is 8.32 Å². The van der Waals surface area contributed by atoms with Crippen molar-refractivity contribution in [2.75, 3.05) is 0 Å². The van der Waals surface area contributed by atoms with Crippen LogP contribution in [0.3, 0.4) is 0 Å². The largest absolute Gasteiger partial charge is 0.464 e. The van der Waals surface area contributed by atoms with Gasteiger partial charge in [-0.2, -0.15) is 9.59 Å². The molecule has 1 N–H and O–H groups in total. The Morgan fingerprint density at radius 3 is 2.39 bits per heavy atom. The molecule has 1 heterocycles. The Bertz CT molecular complexity index is 679. The number of aliphatic hydroxyl groups is 1. The lowest BCUT2D eigenvalue weighted by Gasteiger charge is -2.48. The summed E-state index contributed by atoms with van der Waals surface area (Å²) in [5, 5.41) is 11.1. The van der Waals surface area contributed by atoms with Crippen LogP contribution in [0.4, 0.5) is 0 Å². The fraction of sp³-hybridized carbons (Fsp3) is 0.737. The van der Waals surface area contributed by atoms with Crippen LogP contribution in [0, 0.1) is 5.92 Å². The molecule has 1 aromatic rings. The summed E-state index contributed by atoms with van der Waals surface area (Å²) in [5.74, 6) is 0.139. The maximum Gasteiger partial charge on any atom is 0.373 e. The zero-order valence-electron chi connectivity index (χ0n) is 17.8. The van der Waals surface area contributed by atoms with Crippen LogP contribution in [-0.4, -0.2) is 52.1 Å². The molecule has 0 aliphatic heterocycles. The molecule has 0 saturated heterocycles. The van der Waals surface area contributed by atoms with Crippen molar-refractivity contribution in [1.29, 1.82) is 0 Å². The van der Waals surface area contributed by atoms with E-state index in [1.54, 1.807) is 23.3 Å². The molecule has 28 heavy (non-hydrogen) atoms. The van der Waals surface area contributed by atoms with Crippen LogP contribution >= 0.6 is 12.2 Å². The Morgan fingerprint density at radius 2 is 1.93 bits per heavy atom. The van der Waals surface area contributed by atoms with Crippen molar-refractivity contribution in [3.8, 4) is 0 Å². The van der Waals surface area contributed by atoms with Gasteiger partial charge < -0.3 is 14.3 Å². The molecule has 4 atom stereocenters. The van der Waals surface area contributed by atoms with Gasteiger partial charge in [0.1, 0.15) is 12.4 Å². The first-order valence-electron chi connectivity index (χ1n) is 9.32. The number of hydrogen-bond donors (Lipinski definition) is 1. The smallest absolute Gasteiger partial charge is 0.373 e. The van der Waals surface area contributed by atoms with Crippen molar-refractivity contribution in [1.82, 2.24) is 9.55 Å². The van der Waals surface area contributed by atoms with E-state index in [9.17, 15) is 5.11 Å². The average molecular weight is 429 g/mol.